The van der Waals surface area contributed by atoms with Gasteiger partial charge in [0.25, 0.3) is 0 Å². The van der Waals surface area contributed by atoms with E-state index in [9.17, 15) is 4.79 Å². The Balaban J connectivity index is 3.23. The number of thiol groups is 1. The van der Waals surface area contributed by atoms with Crippen molar-refractivity contribution in [3.63, 3.8) is 0 Å². The molecule has 0 aromatic heterocycles. The van der Waals surface area contributed by atoms with E-state index in [0.717, 1.165) is 12.8 Å². The quantitative estimate of drug-likeness (QED) is 0.358. The van der Waals surface area contributed by atoms with Gasteiger partial charge in [0.05, 0.1) is 6.61 Å². The largest absolute Gasteiger partial charge is 0.462 e. The lowest BCUT2D eigenvalue weighted by Gasteiger charge is -2.08. The third-order valence-corrected chi connectivity index (χ3v) is 2.01. The fourth-order valence-corrected chi connectivity index (χ4v) is 0.880. The van der Waals surface area contributed by atoms with E-state index in [2.05, 4.69) is 19.6 Å². The first kappa shape index (κ1) is 13.7. The zero-order valence-electron chi connectivity index (χ0n) is 8.57. The zero-order valence-corrected chi connectivity index (χ0v) is 9.46. The second-order valence-electron chi connectivity index (χ2n) is 2.92. The summed E-state index contributed by atoms with van der Waals surface area (Å²) in [6.07, 6.45) is 2.13. The summed E-state index contributed by atoms with van der Waals surface area (Å²) in [5, 5.41) is 0. The minimum Gasteiger partial charge on any atom is -0.462 e. The van der Waals surface area contributed by atoms with Crippen LogP contribution in [0.2, 0.25) is 0 Å². The van der Waals surface area contributed by atoms with E-state index in [-0.39, 0.29) is 6.61 Å². The summed E-state index contributed by atoms with van der Waals surface area (Å²) < 4.78 is 10.0. The Kier molecular flexibility index (Phi) is 9.13. The second-order valence-corrected chi connectivity index (χ2v) is 3.29. The minimum absolute atomic E-state index is 0.268. The first-order chi connectivity index (χ1) is 6.72. The van der Waals surface area contributed by atoms with Gasteiger partial charge < -0.3 is 15.2 Å². The molecule has 0 fully saturated rings. The highest BCUT2D eigenvalue weighted by molar-refractivity contribution is 7.80. The highest BCUT2D eigenvalue weighted by Crippen LogP contribution is 1.91. The lowest BCUT2D eigenvalue weighted by atomic mass is 10.4. The Morgan fingerprint density at radius 2 is 2.14 bits per heavy atom. The molecule has 2 N–H and O–H groups in total. The van der Waals surface area contributed by atoms with Gasteiger partial charge in [-0.05, 0) is 6.42 Å². The normalized spacial score (nSPS) is 12.5. The van der Waals surface area contributed by atoms with Crippen LogP contribution in [-0.2, 0) is 14.3 Å². The topological polar surface area (TPSA) is 61.5 Å². The van der Waals surface area contributed by atoms with Crippen LogP contribution >= 0.6 is 12.6 Å². The van der Waals surface area contributed by atoms with Crippen molar-refractivity contribution in [2.75, 3.05) is 25.6 Å². The number of carbonyl (C=O) groups is 1. The molecule has 0 unspecified atom stereocenters. The van der Waals surface area contributed by atoms with Crippen molar-refractivity contribution in [2.45, 2.75) is 25.8 Å². The molecule has 5 heteroatoms. The van der Waals surface area contributed by atoms with E-state index >= 15 is 0 Å². The molecule has 14 heavy (non-hydrogen) atoms. The van der Waals surface area contributed by atoms with Crippen LogP contribution in [0.5, 0.6) is 0 Å². The van der Waals surface area contributed by atoms with E-state index in [1.54, 1.807) is 0 Å². The van der Waals surface area contributed by atoms with Crippen molar-refractivity contribution >= 4 is 18.6 Å². The van der Waals surface area contributed by atoms with Gasteiger partial charge in [-0.1, -0.05) is 13.3 Å². The Bertz CT molecular complexity index is 155. The first-order valence-electron chi connectivity index (χ1n) is 4.83. The number of ether oxygens (including phenoxy) is 2. The van der Waals surface area contributed by atoms with Crippen LogP contribution in [0.25, 0.3) is 0 Å². The summed E-state index contributed by atoms with van der Waals surface area (Å²) in [4.78, 5) is 11.0. The molecule has 0 saturated carbocycles. The van der Waals surface area contributed by atoms with Crippen molar-refractivity contribution in [1.82, 2.24) is 0 Å². The second kappa shape index (κ2) is 9.30. The highest BCUT2D eigenvalue weighted by Gasteiger charge is 2.11. The van der Waals surface area contributed by atoms with Crippen molar-refractivity contribution < 1.29 is 14.3 Å². The Morgan fingerprint density at radius 3 is 2.71 bits per heavy atom. The van der Waals surface area contributed by atoms with Gasteiger partial charge in [-0.2, -0.15) is 12.6 Å². The smallest absolute Gasteiger partial charge is 0.323 e. The van der Waals surface area contributed by atoms with E-state index in [1.165, 1.54) is 0 Å². The molecule has 0 heterocycles. The summed E-state index contributed by atoms with van der Waals surface area (Å²) in [7, 11) is 0. The van der Waals surface area contributed by atoms with E-state index in [0.29, 0.717) is 19.0 Å². The van der Waals surface area contributed by atoms with Crippen molar-refractivity contribution in [2.24, 2.45) is 5.73 Å². The molecular formula is C9H19NO3S. The predicted octanol–water partition coefficient (Wildman–Crippen LogP) is 0.603. The number of rotatable bonds is 8. The monoisotopic (exact) mass is 221 g/mol. The molecule has 4 nitrogen and oxygen atoms in total. The summed E-state index contributed by atoms with van der Waals surface area (Å²) in [6.45, 7) is 3.51. The molecule has 0 aromatic rings. The summed E-state index contributed by atoms with van der Waals surface area (Å²) in [5.74, 6) is -0.116. The van der Waals surface area contributed by atoms with Gasteiger partial charge >= 0.3 is 5.97 Å². The number of hydrogen-bond acceptors (Lipinski definition) is 5. The van der Waals surface area contributed by atoms with E-state index in [4.69, 9.17) is 15.2 Å². The van der Waals surface area contributed by atoms with Crippen LogP contribution in [0.15, 0.2) is 0 Å². The number of unbranched alkanes of at least 4 members (excludes halogenated alkanes) is 1. The lowest BCUT2D eigenvalue weighted by molar-refractivity contribution is -0.146. The SMILES string of the molecule is CCCCOCCOC(=O)[C@@H](N)CS. The Labute approximate surface area is 90.5 Å². The number of nitrogens with two attached hydrogens (primary N) is 1. The average Bonchev–Trinajstić information content (AvgIpc) is 2.21. The number of carbonyl (C=O) groups excluding carboxylic acids is 1. The van der Waals surface area contributed by atoms with Gasteiger partial charge in [0.2, 0.25) is 0 Å². The maximum atomic E-state index is 11.0. The predicted molar refractivity (Wildman–Crippen MR) is 58.5 cm³/mol. The molecular weight excluding hydrogens is 202 g/mol. The fraction of sp³-hybridized carbons (Fsp3) is 0.889. The molecule has 0 bridgehead atoms. The van der Waals surface area contributed by atoms with Crippen LogP contribution in [0, 0.1) is 0 Å². The van der Waals surface area contributed by atoms with Crippen molar-refractivity contribution in [3.05, 3.63) is 0 Å². The van der Waals surface area contributed by atoms with Crippen LogP contribution in [0.1, 0.15) is 19.8 Å². The van der Waals surface area contributed by atoms with Gasteiger partial charge in [0.15, 0.2) is 0 Å². The van der Waals surface area contributed by atoms with Crippen LogP contribution < -0.4 is 5.73 Å². The molecule has 1 atom stereocenters. The van der Waals surface area contributed by atoms with Crippen molar-refractivity contribution in [3.8, 4) is 0 Å². The van der Waals surface area contributed by atoms with Gasteiger partial charge in [-0.25, -0.2) is 0 Å². The molecule has 0 aliphatic heterocycles. The zero-order chi connectivity index (χ0) is 10.8. The van der Waals surface area contributed by atoms with Crippen molar-refractivity contribution in [1.29, 1.82) is 0 Å². The minimum atomic E-state index is -0.631. The third-order valence-electron chi connectivity index (χ3n) is 1.61. The molecule has 0 amide bonds. The van der Waals surface area contributed by atoms with Gasteiger partial charge in [-0.3, -0.25) is 4.79 Å². The molecule has 0 aliphatic carbocycles. The molecule has 0 radical (unpaired) electrons. The number of hydrogen-bond donors (Lipinski definition) is 2. The Morgan fingerprint density at radius 1 is 1.43 bits per heavy atom. The Hall–Kier alpha value is -0.260. The maximum absolute atomic E-state index is 11.0. The average molecular weight is 221 g/mol. The number of esters is 1. The van der Waals surface area contributed by atoms with E-state index in [1.807, 2.05) is 0 Å². The summed E-state index contributed by atoms with van der Waals surface area (Å²) >= 11 is 3.89. The first-order valence-corrected chi connectivity index (χ1v) is 5.46. The van der Waals surface area contributed by atoms with Crippen LogP contribution in [-0.4, -0.2) is 37.6 Å². The van der Waals surface area contributed by atoms with E-state index < -0.39 is 12.0 Å². The molecule has 0 rings (SSSR count). The van der Waals surface area contributed by atoms with Gasteiger partial charge in [0.1, 0.15) is 12.6 Å². The third kappa shape index (κ3) is 7.17. The van der Waals surface area contributed by atoms with Crippen LogP contribution in [0.3, 0.4) is 0 Å². The summed E-state index contributed by atoms with van der Waals surface area (Å²) in [6, 6.07) is -0.631. The molecule has 84 valence electrons. The standard InChI is InChI=1S/C9H19NO3S/c1-2-3-4-12-5-6-13-9(11)8(10)7-14/h8,14H,2-7,10H2,1H3/t8-/m0/s1. The molecule has 0 saturated heterocycles. The lowest BCUT2D eigenvalue weighted by Crippen LogP contribution is -2.34. The summed E-state index contributed by atoms with van der Waals surface area (Å²) in [5.41, 5.74) is 5.39. The fourth-order valence-electron chi connectivity index (χ4n) is 0.731. The highest BCUT2D eigenvalue weighted by atomic mass is 32.1. The van der Waals surface area contributed by atoms with Gasteiger partial charge in [0, 0.05) is 12.4 Å². The molecule has 0 spiro atoms. The molecule has 0 aromatic carbocycles. The van der Waals surface area contributed by atoms with Crippen LogP contribution in [0.4, 0.5) is 0 Å². The van der Waals surface area contributed by atoms with Gasteiger partial charge in [-0.15, -0.1) is 0 Å². The molecule has 0 aliphatic rings. The maximum Gasteiger partial charge on any atom is 0.323 e.